The molecule has 0 fully saturated rings. The van der Waals surface area contributed by atoms with E-state index < -0.39 is 5.91 Å². The summed E-state index contributed by atoms with van der Waals surface area (Å²) >= 11 is 0. The van der Waals surface area contributed by atoms with Crippen LogP contribution in [0.2, 0.25) is 0 Å². The van der Waals surface area contributed by atoms with Crippen LogP contribution in [0.15, 0.2) is 33.5 Å². The Hall–Kier alpha value is -1.71. The van der Waals surface area contributed by atoms with E-state index in [4.69, 9.17) is 5.73 Å². The van der Waals surface area contributed by atoms with E-state index in [1.54, 1.807) is 12.4 Å². The molecule has 0 radical (unpaired) electrons. The number of primary amides is 1. The van der Waals surface area contributed by atoms with E-state index in [0.29, 0.717) is 12.0 Å². The Balaban J connectivity index is 2.33. The van der Waals surface area contributed by atoms with Crippen LogP contribution in [0.1, 0.15) is 6.42 Å². The van der Waals surface area contributed by atoms with Gasteiger partial charge in [-0.2, -0.15) is 0 Å². The number of rotatable bonds is 1. The monoisotopic (exact) mass is 161 g/mol. The summed E-state index contributed by atoms with van der Waals surface area (Å²) < 4.78 is 0. The molecule has 1 amide bonds. The maximum atomic E-state index is 10.8. The van der Waals surface area contributed by atoms with Gasteiger partial charge in [0.1, 0.15) is 0 Å². The summed E-state index contributed by atoms with van der Waals surface area (Å²) in [5, 5.41) is 0. The Kier molecular flexibility index (Phi) is 1.40. The fraction of sp³-hybridized carbons (Fsp3) is 0.125. The summed E-state index contributed by atoms with van der Waals surface area (Å²) in [5.41, 5.74) is 7.44. The number of allylic oxidation sites excluding steroid dienone is 1. The van der Waals surface area contributed by atoms with Crippen molar-refractivity contribution in [2.75, 3.05) is 0 Å². The molecule has 0 bridgehead atoms. The number of carbonyl (C=O) groups is 1. The van der Waals surface area contributed by atoms with Gasteiger partial charge in [0.15, 0.2) is 0 Å². The second-order valence-corrected chi connectivity index (χ2v) is 2.64. The highest BCUT2D eigenvalue weighted by Crippen LogP contribution is 2.20. The van der Waals surface area contributed by atoms with Crippen LogP contribution in [-0.2, 0) is 4.79 Å². The molecule has 0 spiro atoms. The predicted octanol–water partition coefficient (Wildman–Crippen LogP) is 0.169. The normalized spacial score (nSPS) is 19.5. The average Bonchev–Trinajstić information content (AvgIpc) is 2.49. The summed E-state index contributed by atoms with van der Waals surface area (Å²) in [6, 6.07) is 0. The highest BCUT2D eigenvalue weighted by atomic mass is 16.1. The summed E-state index contributed by atoms with van der Waals surface area (Å²) in [6.45, 7) is 0. The van der Waals surface area contributed by atoms with Crippen LogP contribution in [0, 0.1) is 0 Å². The van der Waals surface area contributed by atoms with E-state index in [-0.39, 0.29) is 0 Å². The maximum Gasteiger partial charge on any atom is 0.246 e. The van der Waals surface area contributed by atoms with Crippen LogP contribution in [0.25, 0.3) is 0 Å². The number of carbonyl (C=O) groups excluding carboxylic acids is 1. The first-order chi connectivity index (χ1) is 5.77. The summed E-state index contributed by atoms with van der Waals surface area (Å²) in [4.78, 5) is 18.7. The van der Waals surface area contributed by atoms with Gasteiger partial charge in [0.05, 0.1) is 11.9 Å². The van der Waals surface area contributed by atoms with Crippen molar-refractivity contribution in [1.82, 2.24) is 0 Å². The topological polar surface area (TPSA) is 67.8 Å². The first-order valence-corrected chi connectivity index (χ1v) is 3.56. The smallest absolute Gasteiger partial charge is 0.246 e. The number of nitrogens with zero attached hydrogens (tertiary/aromatic N) is 2. The number of aliphatic imine (C=N–C) groups is 2. The third-order valence-electron chi connectivity index (χ3n) is 1.81. The van der Waals surface area contributed by atoms with E-state index in [0.717, 1.165) is 11.3 Å². The molecule has 12 heavy (non-hydrogen) atoms. The first-order valence-electron chi connectivity index (χ1n) is 3.56. The lowest BCUT2D eigenvalue weighted by molar-refractivity contribution is -0.114. The molecule has 2 aliphatic rings. The Morgan fingerprint density at radius 2 is 2.33 bits per heavy atom. The van der Waals surface area contributed by atoms with Crippen molar-refractivity contribution in [2.45, 2.75) is 6.42 Å². The van der Waals surface area contributed by atoms with Crippen LogP contribution >= 0.6 is 0 Å². The van der Waals surface area contributed by atoms with E-state index >= 15 is 0 Å². The van der Waals surface area contributed by atoms with Crippen LogP contribution in [-0.4, -0.2) is 17.8 Å². The predicted molar refractivity (Wildman–Crippen MR) is 45.9 cm³/mol. The van der Waals surface area contributed by atoms with Crippen molar-refractivity contribution in [2.24, 2.45) is 15.7 Å². The first kappa shape index (κ1) is 6.97. The molecule has 0 saturated carbocycles. The van der Waals surface area contributed by atoms with E-state index in [1.165, 1.54) is 6.20 Å². The molecule has 0 atom stereocenters. The van der Waals surface area contributed by atoms with Crippen LogP contribution in [0.4, 0.5) is 0 Å². The molecule has 0 aromatic carbocycles. The van der Waals surface area contributed by atoms with Crippen LogP contribution in [0.5, 0.6) is 0 Å². The van der Waals surface area contributed by atoms with Crippen molar-refractivity contribution in [3.8, 4) is 0 Å². The number of amides is 1. The van der Waals surface area contributed by atoms with Gasteiger partial charge >= 0.3 is 0 Å². The Morgan fingerprint density at radius 1 is 1.50 bits per heavy atom. The molecule has 60 valence electrons. The van der Waals surface area contributed by atoms with Gasteiger partial charge in [-0.05, 0) is 0 Å². The second kappa shape index (κ2) is 2.41. The van der Waals surface area contributed by atoms with Gasteiger partial charge in [0.2, 0.25) is 5.91 Å². The maximum absolute atomic E-state index is 10.8. The Morgan fingerprint density at radius 3 is 3.08 bits per heavy atom. The number of nitrogens with two attached hydrogens (primary N) is 1. The zero-order chi connectivity index (χ0) is 8.55. The van der Waals surface area contributed by atoms with Gasteiger partial charge in [0, 0.05) is 30.0 Å². The highest BCUT2D eigenvalue weighted by molar-refractivity contribution is 6.40. The van der Waals surface area contributed by atoms with Gasteiger partial charge in [-0.15, -0.1) is 0 Å². The lowest BCUT2D eigenvalue weighted by Gasteiger charge is -2.08. The SMILES string of the molecule is NC(=O)C1=CN=C2C=NC=C2C1. The molecule has 4 nitrogen and oxygen atoms in total. The molecule has 0 aliphatic carbocycles. The number of fused-ring (bicyclic) bond motifs is 1. The van der Waals surface area contributed by atoms with E-state index in [1.807, 2.05) is 0 Å². The van der Waals surface area contributed by atoms with Gasteiger partial charge in [-0.3, -0.25) is 14.8 Å². The molecule has 0 unspecified atom stereocenters. The minimum atomic E-state index is -0.411. The largest absolute Gasteiger partial charge is 0.366 e. The second-order valence-electron chi connectivity index (χ2n) is 2.64. The standard InChI is InChI=1S/C8H7N3O/c9-8(12)6-1-5-2-10-4-7(5)11-3-6/h2-4H,1H2,(H2,9,12). The van der Waals surface area contributed by atoms with Gasteiger partial charge in [-0.25, -0.2) is 0 Å². The van der Waals surface area contributed by atoms with Crippen molar-refractivity contribution in [3.05, 3.63) is 23.5 Å². The molecule has 2 rings (SSSR count). The Labute approximate surface area is 69.2 Å². The lowest BCUT2D eigenvalue weighted by Crippen LogP contribution is -2.18. The molecule has 4 heteroatoms. The minimum absolute atomic E-state index is 0.411. The molecule has 2 N–H and O–H groups in total. The molecule has 2 heterocycles. The van der Waals surface area contributed by atoms with Gasteiger partial charge in [-0.1, -0.05) is 0 Å². The van der Waals surface area contributed by atoms with Gasteiger partial charge in [0.25, 0.3) is 0 Å². The fourth-order valence-electron chi connectivity index (χ4n) is 1.15. The molecular weight excluding hydrogens is 154 g/mol. The number of hydrogen-bond donors (Lipinski definition) is 1. The zero-order valence-corrected chi connectivity index (χ0v) is 6.32. The third-order valence-corrected chi connectivity index (χ3v) is 1.81. The molecule has 0 aromatic rings. The van der Waals surface area contributed by atoms with E-state index in [9.17, 15) is 4.79 Å². The number of hydrogen-bond acceptors (Lipinski definition) is 3. The summed E-state index contributed by atoms with van der Waals surface area (Å²) in [5.74, 6) is -0.411. The van der Waals surface area contributed by atoms with Gasteiger partial charge < -0.3 is 5.73 Å². The highest BCUT2D eigenvalue weighted by Gasteiger charge is 2.17. The minimum Gasteiger partial charge on any atom is -0.366 e. The summed E-state index contributed by atoms with van der Waals surface area (Å²) in [6.07, 6.45) is 5.43. The van der Waals surface area contributed by atoms with E-state index in [2.05, 4.69) is 9.98 Å². The molecule has 0 aromatic heterocycles. The zero-order valence-electron chi connectivity index (χ0n) is 6.32. The van der Waals surface area contributed by atoms with Crippen LogP contribution in [0.3, 0.4) is 0 Å². The van der Waals surface area contributed by atoms with Crippen molar-refractivity contribution >= 4 is 17.8 Å². The third kappa shape index (κ3) is 0.972. The molecule has 0 saturated heterocycles. The quantitative estimate of drug-likeness (QED) is 0.585. The summed E-state index contributed by atoms with van der Waals surface area (Å²) in [7, 11) is 0. The Bertz CT molecular complexity index is 360. The van der Waals surface area contributed by atoms with Crippen LogP contribution < -0.4 is 5.73 Å². The molecule has 2 aliphatic heterocycles. The average molecular weight is 161 g/mol. The van der Waals surface area contributed by atoms with Crippen molar-refractivity contribution in [3.63, 3.8) is 0 Å². The van der Waals surface area contributed by atoms with Crippen molar-refractivity contribution in [1.29, 1.82) is 0 Å². The fourth-order valence-corrected chi connectivity index (χ4v) is 1.15. The van der Waals surface area contributed by atoms with Crippen molar-refractivity contribution < 1.29 is 4.79 Å². The molecular formula is C8H7N3O. The lowest BCUT2D eigenvalue weighted by atomic mass is 10.0.